The number of rotatable bonds is 9. The van der Waals surface area contributed by atoms with E-state index < -0.39 is 6.10 Å². The molecule has 0 saturated carbocycles. The van der Waals surface area contributed by atoms with Gasteiger partial charge in [-0.05, 0) is 64.3 Å². The van der Waals surface area contributed by atoms with Crippen LogP contribution in [-0.4, -0.2) is 95.2 Å². The Morgan fingerprint density at radius 2 is 1.64 bits per heavy atom. The largest absolute Gasteiger partial charge is 0.493 e. The van der Waals surface area contributed by atoms with Crippen molar-refractivity contribution in [3.63, 3.8) is 0 Å². The fourth-order valence-corrected chi connectivity index (χ4v) is 4.22. The van der Waals surface area contributed by atoms with Gasteiger partial charge in [-0.3, -0.25) is 14.5 Å². The molecule has 2 aliphatic rings. The third-order valence-corrected chi connectivity index (χ3v) is 5.98. The number of piperidine rings is 2. The second-order valence-corrected chi connectivity index (χ2v) is 8.31. The van der Waals surface area contributed by atoms with Crippen LogP contribution in [0.4, 0.5) is 0 Å². The molecule has 0 bridgehead atoms. The molecule has 2 aliphatic heterocycles. The first-order valence-corrected chi connectivity index (χ1v) is 11.7. The number of hydrogen-bond donors (Lipinski definition) is 4. The minimum absolute atomic E-state index is 0.0210. The van der Waals surface area contributed by atoms with E-state index in [-0.39, 0.29) is 25.5 Å². The lowest BCUT2D eigenvalue weighted by atomic mass is 9.94. The summed E-state index contributed by atoms with van der Waals surface area (Å²) in [5, 5.41) is 33.2. The van der Waals surface area contributed by atoms with Gasteiger partial charge in [-0.1, -0.05) is 24.6 Å². The van der Waals surface area contributed by atoms with E-state index in [1.54, 1.807) is 0 Å². The van der Waals surface area contributed by atoms with E-state index in [1.807, 2.05) is 6.07 Å². The van der Waals surface area contributed by atoms with Gasteiger partial charge in [0.25, 0.3) is 12.9 Å². The van der Waals surface area contributed by atoms with E-state index in [9.17, 15) is 10.2 Å². The minimum atomic E-state index is -0.438. The van der Waals surface area contributed by atoms with Crippen LogP contribution in [0.3, 0.4) is 0 Å². The van der Waals surface area contributed by atoms with Gasteiger partial charge in [-0.15, -0.1) is 0 Å². The molecule has 0 radical (unpaired) electrons. The average Bonchev–Trinajstić information content (AvgIpc) is 2.82. The monoisotopic (exact) mass is 468 g/mol. The lowest BCUT2D eigenvalue weighted by Gasteiger charge is -2.35. The van der Waals surface area contributed by atoms with Crippen LogP contribution in [0.5, 0.6) is 5.75 Å². The summed E-state index contributed by atoms with van der Waals surface area (Å²) in [6.07, 6.45) is 6.80. The average molecular weight is 469 g/mol. The first kappa shape index (κ1) is 28.8. The predicted molar refractivity (Wildman–Crippen MR) is 125 cm³/mol. The molecule has 0 spiro atoms. The van der Waals surface area contributed by atoms with Crippen LogP contribution < -0.4 is 4.74 Å². The number of nitrogens with zero attached hydrogens (tertiary/aromatic N) is 2. The van der Waals surface area contributed by atoms with Crippen molar-refractivity contribution in [3.8, 4) is 5.75 Å². The quantitative estimate of drug-likeness (QED) is 0.317. The smallest absolute Gasteiger partial charge is 0.290 e. The lowest BCUT2D eigenvalue weighted by Crippen LogP contribution is -2.44. The van der Waals surface area contributed by atoms with Gasteiger partial charge in [0.15, 0.2) is 0 Å². The number of carbonyl (C=O) groups is 2. The molecule has 4 N–H and O–H groups in total. The van der Waals surface area contributed by atoms with E-state index in [0.29, 0.717) is 6.54 Å². The molecule has 9 nitrogen and oxygen atoms in total. The van der Waals surface area contributed by atoms with Crippen LogP contribution in [0, 0.1) is 5.92 Å². The summed E-state index contributed by atoms with van der Waals surface area (Å²) in [6, 6.07) is 8.25. The highest BCUT2D eigenvalue weighted by atomic mass is 16.5. The molecular weight excluding hydrogens is 428 g/mol. The molecule has 188 valence electrons. The molecule has 9 heteroatoms. The number of aliphatic hydroxyl groups is 2. The number of unbranched alkanes of at least 4 members (excludes halogenated alkanes) is 1. The normalized spacial score (nSPS) is 21.0. The Balaban J connectivity index is 0.000000819. The van der Waals surface area contributed by atoms with Crippen molar-refractivity contribution in [1.29, 1.82) is 0 Å². The van der Waals surface area contributed by atoms with Crippen LogP contribution in [0.1, 0.15) is 44.1 Å². The van der Waals surface area contributed by atoms with Crippen LogP contribution in [-0.2, 0) is 16.1 Å². The molecule has 2 atom stereocenters. The Labute approximate surface area is 196 Å². The third kappa shape index (κ3) is 12.0. The number of carboxylic acid groups (broad SMARTS) is 2. The molecule has 1 aromatic carbocycles. The van der Waals surface area contributed by atoms with Gasteiger partial charge in [0.05, 0.1) is 12.7 Å². The number of para-hydroxylation sites is 1. The van der Waals surface area contributed by atoms with Gasteiger partial charge in [-0.2, -0.15) is 0 Å². The van der Waals surface area contributed by atoms with E-state index in [0.717, 1.165) is 38.3 Å². The molecule has 0 aromatic heterocycles. The third-order valence-electron chi connectivity index (χ3n) is 5.98. The molecule has 2 fully saturated rings. The fraction of sp³-hybridized carbons (Fsp3) is 0.667. The Kier molecular flexibility index (Phi) is 15.9. The molecule has 0 aliphatic carbocycles. The molecule has 1 aromatic rings. The lowest BCUT2D eigenvalue weighted by molar-refractivity contribution is -0.123. The zero-order valence-electron chi connectivity index (χ0n) is 19.4. The van der Waals surface area contributed by atoms with Crippen LogP contribution >= 0.6 is 0 Å². The van der Waals surface area contributed by atoms with E-state index in [2.05, 4.69) is 28.0 Å². The number of ether oxygens (including phenoxy) is 1. The zero-order valence-corrected chi connectivity index (χ0v) is 19.4. The van der Waals surface area contributed by atoms with Crippen molar-refractivity contribution < 1.29 is 34.8 Å². The molecule has 33 heavy (non-hydrogen) atoms. The van der Waals surface area contributed by atoms with Crippen molar-refractivity contribution in [3.05, 3.63) is 29.8 Å². The predicted octanol–water partition coefficient (Wildman–Crippen LogP) is 1.91. The van der Waals surface area contributed by atoms with Crippen LogP contribution in [0.2, 0.25) is 0 Å². The number of aliphatic hydroxyl groups excluding tert-OH is 2. The highest BCUT2D eigenvalue weighted by Crippen LogP contribution is 2.24. The van der Waals surface area contributed by atoms with Gasteiger partial charge < -0.3 is 30.1 Å². The highest BCUT2D eigenvalue weighted by molar-refractivity contribution is 5.33. The van der Waals surface area contributed by atoms with Crippen molar-refractivity contribution >= 4 is 12.9 Å². The summed E-state index contributed by atoms with van der Waals surface area (Å²) in [5.74, 6) is 0.988. The SMILES string of the molecule is O=CO.O=CO.OC[C@H]1CCN(Cc2ccccc2OCCCCN2CCCCC2)C[C@H]1O. The summed E-state index contributed by atoms with van der Waals surface area (Å²) in [7, 11) is 0. The zero-order chi connectivity index (χ0) is 24.3. The Morgan fingerprint density at radius 3 is 2.27 bits per heavy atom. The summed E-state index contributed by atoms with van der Waals surface area (Å²) in [5.41, 5.74) is 1.18. The molecular formula is C24H40N2O7. The molecule has 2 heterocycles. The Morgan fingerprint density at radius 1 is 0.970 bits per heavy atom. The maximum Gasteiger partial charge on any atom is 0.290 e. The van der Waals surface area contributed by atoms with Gasteiger partial charge in [0.1, 0.15) is 5.75 Å². The molecule has 2 saturated heterocycles. The summed E-state index contributed by atoms with van der Waals surface area (Å²) >= 11 is 0. The van der Waals surface area contributed by atoms with Gasteiger partial charge in [0.2, 0.25) is 0 Å². The highest BCUT2D eigenvalue weighted by Gasteiger charge is 2.27. The molecule has 0 unspecified atom stereocenters. The maximum absolute atomic E-state index is 10.2. The van der Waals surface area contributed by atoms with Crippen LogP contribution in [0.25, 0.3) is 0 Å². The topological polar surface area (TPSA) is 131 Å². The van der Waals surface area contributed by atoms with E-state index in [4.69, 9.17) is 24.5 Å². The van der Waals surface area contributed by atoms with Crippen molar-refractivity contribution in [2.24, 2.45) is 5.92 Å². The summed E-state index contributed by atoms with van der Waals surface area (Å²) in [4.78, 5) is 21.6. The number of likely N-dealkylation sites (tertiary alicyclic amines) is 2. The standard InChI is InChI=1S/C22H36N2O3.2CH2O2/c25-18-20-10-14-24(17-21(20)26)16-19-8-2-3-9-22(19)27-15-7-6-13-23-11-4-1-5-12-23;2*2-1-3/h2-3,8-9,20-21,25-26H,1,4-7,10-18H2;2*1H,(H,2,3)/t20-,21-;;/m1../s1. The number of benzene rings is 1. The van der Waals surface area contributed by atoms with Crippen molar-refractivity contribution in [1.82, 2.24) is 9.80 Å². The second kappa shape index (κ2) is 18.3. The first-order chi connectivity index (χ1) is 16.1. The minimum Gasteiger partial charge on any atom is -0.493 e. The van der Waals surface area contributed by atoms with E-state index >= 15 is 0 Å². The van der Waals surface area contributed by atoms with Crippen molar-refractivity contribution in [2.45, 2.75) is 51.2 Å². The number of β-amino-alcohol motifs (C(OH)–C–C–N with tert-alkyl or cyclic N) is 1. The summed E-state index contributed by atoms with van der Waals surface area (Å²) < 4.78 is 6.09. The Hall–Kier alpha value is -2.20. The number of hydrogen-bond acceptors (Lipinski definition) is 7. The van der Waals surface area contributed by atoms with Gasteiger partial charge >= 0.3 is 0 Å². The maximum atomic E-state index is 10.2. The van der Waals surface area contributed by atoms with Crippen LogP contribution in [0.15, 0.2) is 24.3 Å². The van der Waals surface area contributed by atoms with Crippen molar-refractivity contribution in [2.75, 3.05) is 45.9 Å². The van der Waals surface area contributed by atoms with Gasteiger partial charge in [0, 0.05) is 31.2 Å². The molecule has 0 amide bonds. The Bertz CT molecular complexity index is 635. The second-order valence-electron chi connectivity index (χ2n) is 8.31. The first-order valence-electron chi connectivity index (χ1n) is 11.7. The summed E-state index contributed by atoms with van der Waals surface area (Å²) in [6.45, 7) is 6.39. The van der Waals surface area contributed by atoms with E-state index in [1.165, 1.54) is 50.9 Å². The van der Waals surface area contributed by atoms with Gasteiger partial charge in [-0.25, -0.2) is 0 Å². The molecule has 3 rings (SSSR count). The fourth-order valence-electron chi connectivity index (χ4n) is 4.22.